The fourth-order valence-electron chi connectivity index (χ4n) is 1.47. The maximum absolute atomic E-state index is 12.0. The van der Waals surface area contributed by atoms with Crippen molar-refractivity contribution in [2.75, 3.05) is 10.7 Å². The molecule has 0 saturated carbocycles. The van der Waals surface area contributed by atoms with Gasteiger partial charge in [0.05, 0.1) is 17.4 Å². The summed E-state index contributed by atoms with van der Waals surface area (Å²) in [7, 11) is 0. The topological polar surface area (TPSA) is 80.0 Å². The van der Waals surface area contributed by atoms with E-state index in [9.17, 15) is 4.79 Å². The number of amides is 1. The number of hydrogen-bond donors (Lipinski definition) is 3. The average molecular weight is 263 g/mol. The summed E-state index contributed by atoms with van der Waals surface area (Å²) in [6.45, 7) is 0. The van der Waals surface area contributed by atoms with Gasteiger partial charge < -0.3 is 10.7 Å². The quantitative estimate of drug-likeness (QED) is 0.586. The molecule has 1 aromatic heterocycles. The summed E-state index contributed by atoms with van der Waals surface area (Å²) < 4.78 is 0. The molecule has 1 heterocycles. The summed E-state index contributed by atoms with van der Waals surface area (Å²) >= 11 is 5.84. The number of aromatic nitrogens is 1. The maximum atomic E-state index is 12.0. The molecule has 6 heteroatoms. The van der Waals surface area contributed by atoms with Gasteiger partial charge in [0.25, 0.3) is 5.91 Å². The molecule has 0 aliphatic carbocycles. The van der Waals surface area contributed by atoms with E-state index in [0.29, 0.717) is 22.0 Å². The monoisotopic (exact) mass is 262 g/mol. The second-order valence-corrected chi connectivity index (χ2v) is 3.97. The maximum Gasteiger partial charge on any atom is 0.257 e. The van der Waals surface area contributed by atoms with Crippen LogP contribution in [0.1, 0.15) is 10.4 Å². The van der Waals surface area contributed by atoms with Gasteiger partial charge in [-0.15, -0.1) is 0 Å². The number of hydrogen-bond acceptors (Lipinski definition) is 4. The van der Waals surface area contributed by atoms with Crippen LogP contribution in [0.15, 0.2) is 42.7 Å². The van der Waals surface area contributed by atoms with Crippen molar-refractivity contribution in [3.05, 3.63) is 53.3 Å². The lowest BCUT2D eigenvalue weighted by atomic mass is 10.2. The summed E-state index contributed by atoms with van der Waals surface area (Å²) in [5.74, 6) is 5.03. The minimum absolute atomic E-state index is 0.285. The summed E-state index contributed by atoms with van der Waals surface area (Å²) in [6.07, 6.45) is 3.00. The van der Waals surface area contributed by atoms with Gasteiger partial charge in [-0.05, 0) is 24.3 Å². The van der Waals surface area contributed by atoms with E-state index in [1.807, 2.05) is 0 Å². The Bertz CT molecular complexity index is 574. The first-order valence-electron chi connectivity index (χ1n) is 5.18. The predicted octanol–water partition coefficient (Wildman–Crippen LogP) is 2.27. The Morgan fingerprint density at radius 1 is 1.33 bits per heavy atom. The van der Waals surface area contributed by atoms with Crippen LogP contribution in [0, 0.1) is 0 Å². The summed E-state index contributed by atoms with van der Waals surface area (Å²) in [6, 6.07) is 8.48. The molecule has 0 radical (unpaired) electrons. The van der Waals surface area contributed by atoms with Gasteiger partial charge in [-0.1, -0.05) is 17.7 Å². The molecule has 0 aliphatic rings. The first kappa shape index (κ1) is 12.3. The van der Waals surface area contributed by atoms with E-state index in [-0.39, 0.29) is 5.91 Å². The van der Waals surface area contributed by atoms with Gasteiger partial charge in [0.1, 0.15) is 0 Å². The minimum atomic E-state index is -0.285. The molecule has 0 aliphatic heterocycles. The molecule has 0 fully saturated rings. The standard InChI is InChI=1S/C12H11ClN4O/c13-8-2-1-3-9(6-8)16-12(18)10-4-5-15-7-11(10)17-14/h1-7,17H,14H2,(H,16,18). The van der Waals surface area contributed by atoms with Crippen molar-refractivity contribution in [1.82, 2.24) is 4.98 Å². The lowest BCUT2D eigenvalue weighted by Crippen LogP contribution is -2.17. The van der Waals surface area contributed by atoms with Crippen molar-refractivity contribution in [1.29, 1.82) is 0 Å². The van der Waals surface area contributed by atoms with Crippen molar-refractivity contribution in [3.8, 4) is 0 Å². The van der Waals surface area contributed by atoms with E-state index in [1.165, 1.54) is 12.4 Å². The predicted molar refractivity (Wildman–Crippen MR) is 71.5 cm³/mol. The van der Waals surface area contributed by atoms with Crippen LogP contribution in [0.4, 0.5) is 11.4 Å². The number of halogens is 1. The number of hydrazine groups is 1. The molecule has 0 spiro atoms. The molecule has 0 unspecified atom stereocenters. The van der Waals surface area contributed by atoms with Gasteiger partial charge in [-0.2, -0.15) is 0 Å². The molecule has 18 heavy (non-hydrogen) atoms. The Labute approximate surface area is 109 Å². The minimum Gasteiger partial charge on any atom is -0.322 e. The highest BCUT2D eigenvalue weighted by Crippen LogP contribution is 2.18. The van der Waals surface area contributed by atoms with Crippen molar-refractivity contribution < 1.29 is 4.79 Å². The normalized spacial score (nSPS) is 9.89. The van der Waals surface area contributed by atoms with Crippen molar-refractivity contribution >= 4 is 28.9 Å². The summed E-state index contributed by atoms with van der Waals surface area (Å²) in [5, 5.41) is 3.28. The Morgan fingerprint density at radius 3 is 2.89 bits per heavy atom. The first-order chi connectivity index (χ1) is 8.70. The molecule has 0 bridgehead atoms. The smallest absolute Gasteiger partial charge is 0.257 e. The number of pyridine rings is 1. The lowest BCUT2D eigenvalue weighted by Gasteiger charge is -2.09. The molecule has 2 aromatic rings. The third-order valence-corrected chi connectivity index (χ3v) is 2.54. The molecule has 1 amide bonds. The van der Waals surface area contributed by atoms with Crippen LogP contribution < -0.4 is 16.6 Å². The fraction of sp³-hybridized carbons (Fsp3) is 0. The number of nitrogens with two attached hydrogens (primary N) is 1. The van der Waals surface area contributed by atoms with Crippen LogP contribution in [-0.2, 0) is 0 Å². The van der Waals surface area contributed by atoms with E-state index >= 15 is 0 Å². The van der Waals surface area contributed by atoms with Crippen LogP contribution in [0.3, 0.4) is 0 Å². The molecule has 0 atom stereocenters. The van der Waals surface area contributed by atoms with Crippen LogP contribution in [0.2, 0.25) is 5.02 Å². The van der Waals surface area contributed by atoms with Gasteiger partial charge in [-0.25, -0.2) is 0 Å². The van der Waals surface area contributed by atoms with Gasteiger partial charge in [0.15, 0.2) is 0 Å². The molecule has 2 rings (SSSR count). The summed E-state index contributed by atoms with van der Waals surface area (Å²) in [4.78, 5) is 15.9. The third-order valence-electron chi connectivity index (χ3n) is 2.30. The highest BCUT2D eigenvalue weighted by atomic mass is 35.5. The largest absolute Gasteiger partial charge is 0.322 e. The van der Waals surface area contributed by atoms with E-state index in [2.05, 4.69) is 15.7 Å². The van der Waals surface area contributed by atoms with Crippen LogP contribution in [-0.4, -0.2) is 10.9 Å². The number of carbonyl (C=O) groups excluding carboxylic acids is 1. The zero-order chi connectivity index (χ0) is 13.0. The Balaban J connectivity index is 2.22. The fourth-order valence-corrected chi connectivity index (χ4v) is 1.66. The number of carbonyl (C=O) groups is 1. The van der Waals surface area contributed by atoms with Crippen molar-refractivity contribution in [2.45, 2.75) is 0 Å². The molecule has 5 nitrogen and oxygen atoms in total. The van der Waals surface area contributed by atoms with Gasteiger partial charge in [-0.3, -0.25) is 15.6 Å². The molecule has 92 valence electrons. The molecule has 1 aromatic carbocycles. The Hall–Kier alpha value is -2.11. The van der Waals surface area contributed by atoms with E-state index < -0.39 is 0 Å². The Kier molecular flexibility index (Phi) is 3.76. The number of benzene rings is 1. The van der Waals surface area contributed by atoms with Crippen LogP contribution >= 0.6 is 11.6 Å². The zero-order valence-electron chi connectivity index (χ0n) is 9.35. The van der Waals surface area contributed by atoms with E-state index in [4.69, 9.17) is 17.4 Å². The van der Waals surface area contributed by atoms with Crippen molar-refractivity contribution in [2.24, 2.45) is 5.84 Å². The zero-order valence-corrected chi connectivity index (χ0v) is 10.1. The summed E-state index contributed by atoms with van der Waals surface area (Å²) in [5.41, 5.74) is 3.91. The molecular formula is C12H11ClN4O. The van der Waals surface area contributed by atoms with E-state index in [1.54, 1.807) is 30.3 Å². The van der Waals surface area contributed by atoms with Gasteiger partial charge >= 0.3 is 0 Å². The van der Waals surface area contributed by atoms with Gasteiger partial charge in [0.2, 0.25) is 0 Å². The number of nitrogens with one attached hydrogen (secondary N) is 2. The highest BCUT2D eigenvalue weighted by molar-refractivity contribution is 6.31. The lowest BCUT2D eigenvalue weighted by molar-refractivity contribution is 0.102. The third kappa shape index (κ3) is 2.77. The second-order valence-electron chi connectivity index (χ2n) is 3.53. The van der Waals surface area contributed by atoms with Gasteiger partial charge in [0, 0.05) is 16.9 Å². The molecule has 4 N–H and O–H groups in total. The SMILES string of the molecule is NNc1cnccc1C(=O)Nc1cccc(Cl)c1. The Morgan fingerprint density at radius 2 is 2.17 bits per heavy atom. The number of anilines is 2. The van der Waals surface area contributed by atoms with Crippen molar-refractivity contribution in [3.63, 3.8) is 0 Å². The number of rotatable bonds is 3. The first-order valence-corrected chi connectivity index (χ1v) is 5.56. The van der Waals surface area contributed by atoms with Crippen LogP contribution in [0.25, 0.3) is 0 Å². The molecular weight excluding hydrogens is 252 g/mol. The number of nitrogens with zero attached hydrogens (tertiary/aromatic N) is 1. The second kappa shape index (κ2) is 5.48. The average Bonchev–Trinajstić information content (AvgIpc) is 2.38. The number of nitrogen functional groups attached to an aromatic ring is 1. The van der Waals surface area contributed by atoms with E-state index in [0.717, 1.165) is 0 Å². The molecule has 0 saturated heterocycles. The van der Waals surface area contributed by atoms with Crippen LogP contribution in [0.5, 0.6) is 0 Å². The highest BCUT2D eigenvalue weighted by Gasteiger charge is 2.10.